The number of carbonyl (C=O) groups excluding carboxylic acids is 1. The first kappa shape index (κ1) is 14.8. The van der Waals surface area contributed by atoms with Gasteiger partial charge in [-0.1, -0.05) is 6.07 Å². The smallest absolute Gasteiger partial charge is 0.264 e. The minimum Gasteiger partial charge on any atom is -0.497 e. The molecule has 1 atom stereocenters. The second-order valence-corrected chi connectivity index (χ2v) is 6.23. The summed E-state index contributed by atoms with van der Waals surface area (Å²) in [7, 11) is -2.42. The fraction of sp³-hybridized carbons (Fsp3) is 0.462. The van der Waals surface area contributed by atoms with Crippen molar-refractivity contribution in [2.45, 2.75) is 30.3 Å². The quantitative estimate of drug-likeness (QED) is 0.879. The summed E-state index contributed by atoms with van der Waals surface area (Å²) in [6, 6.07) is 5.96. The largest absolute Gasteiger partial charge is 0.497 e. The Morgan fingerprint density at radius 2 is 2.30 bits per heavy atom. The Hall–Kier alpha value is -1.60. The number of methoxy groups -OCH3 is 1. The van der Waals surface area contributed by atoms with Crippen LogP contribution >= 0.6 is 0 Å². The lowest BCUT2D eigenvalue weighted by Gasteiger charge is -2.11. The molecular formula is C13H17NO5S. The molecule has 0 aromatic heterocycles. The van der Waals surface area contributed by atoms with E-state index in [9.17, 15) is 13.2 Å². The van der Waals surface area contributed by atoms with E-state index in [4.69, 9.17) is 9.47 Å². The van der Waals surface area contributed by atoms with Gasteiger partial charge in [0.25, 0.3) is 10.0 Å². The van der Waals surface area contributed by atoms with Crippen LogP contribution in [0.1, 0.15) is 19.3 Å². The second kappa shape index (κ2) is 6.23. The van der Waals surface area contributed by atoms with Crippen molar-refractivity contribution in [2.24, 2.45) is 0 Å². The van der Waals surface area contributed by atoms with E-state index in [1.807, 2.05) is 4.72 Å². The molecule has 1 aromatic carbocycles. The number of nitrogens with one attached hydrogen (secondary N) is 1. The minimum atomic E-state index is -3.87. The molecule has 1 heterocycles. The third kappa shape index (κ3) is 3.71. The van der Waals surface area contributed by atoms with Gasteiger partial charge in [0.1, 0.15) is 5.75 Å². The van der Waals surface area contributed by atoms with Crippen molar-refractivity contribution in [1.29, 1.82) is 0 Å². The van der Waals surface area contributed by atoms with E-state index in [-0.39, 0.29) is 17.4 Å². The third-order valence-corrected chi connectivity index (χ3v) is 4.41. The third-order valence-electron chi connectivity index (χ3n) is 3.04. The average Bonchev–Trinajstić information content (AvgIpc) is 2.91. The zero-order valence-corrected chi connectivity index (χ0v) is 12.0. The molecule has 0 aliphatic carbocycles. The number of rotatable bonds is 5. The first-order valence-corrected chi connectivity index (χ1v) is 7.81. The number of sulfonamides is 1. The van der Waals surface area contributed by atoms with Crippen LogP contribution in [0.2, 0.25) is 0 Å². The molecule has 6 nitrogen and oxygen atoms in total. The van der Waals surface area contributed by atoms with E-state index in [1.165, 1.54) is 19.2 Å². The van der Waals surface area contributed by atoms with Gasteiger partial charge in [-0.25, -0.2) is 13.1 Å². The van der Waals surface area contributed by atoms with Crippen molar-refractivity contribution in [3.05, 3.63) is 24.3 Å². The van der Waals surface area contributed by atoms with Crippen molar-refractivity contribution in [1.82, 2.24) is 4.72 Å². The van der Waals surface area contributed by atoms with E-state index in [0.717, 1.165) is 12.8 Å². The van der Waals surface area contributed by atoms with Crippen LogP contribution in [0.5, 0.6) is 5.75 Å². The normalized spacial score (nSPS) is 18.8. The molecule has 0 bridgehead atoms. The summed E-state index contributed by atoms with van der Waals surface area (Å²) in [4.78, 5) is 11.7. The predicted molar refractivity (Wildman–Crippen MR) is 71.9 cm³/mol. The Balaban J connectivity index is 2.03. The van der Waals surface area contributed by atoms with Crippen LogP contribution in [0.4, 0.5) is 0 Å². The molecule has 2 rings (SSSR count). The van der Waals surface area contributed by atoms with Crippen molar-refractivity contribution >= 4 is 15.9 Å². The monoisotopic (exact) mass is 299 g/mol. The summed E-state index contributed by atoms with van der Waals surface area (Å²) in [6.45, 7) is 0.626. The number of amides is 1. The van der Waals surface area contributed by atoms with Crippen molar-refractivity contribution < 1.29 is 22.7 Å². The number of ether oxygens (including phenoxy) is 2. The van der Waals surface area contributed by atoms with Gasteiger partial charge in [0.2, 0.25) is 5.91 Å². The number of carbonyl (C=O) groups is 1. The molecule has 0 radical (unpaired) electrons. The van der Waals surface area contributed by atoms with Gasteiger partial charge in [-0.3, -0.25) is 4.79 Å². The first-order chi connectivity index (χ1) is 9.51. The Morgan fingerprint density at radius 3 is 2.95 bits per heavy atom. The Morgan fingerprint density at radius 1 is 1.50 bits per heavy atom. The summed E-state index contributed by atoms with van der Waals surface area (Å²) < 4.78 is 36.4. The lowest BCUT2D eigenvalue weighted by Crippen LogP contribution is -2.32. The maximum atomic E-state index is 12.1. The van der Waals surface area contributed by atoms with Gasteiger partial charge in [0.05, 0.1) is 24.5 Å². The fourth-order valence-electron chi connectivity index (χ4n) is 2.03. The molecule has 1 N–H and O–H groups in total. The molecule has 7 heteroatoms. The van der Waals surface area contributed by atoms with E-state index in [0.29, 0.717) is 12.4 Å². The standard InChI is InChI=1S/C13H17NO5S/c1-18-10-4-2-6-12(8-10)20(16,17)14-13(15)9-11-5-3-7-19-11/h2,4,6,8,11H,3,5,7,9H2,1H3,(H,14,15)/t11-/m0/s1. The lowest BCUT2D eigenvalue weighted by molar-refractivity contribution is -0.121. The summed E-state index contributed by atoms with van der Waals surface area (Å²) >= 11 is 0. The summed E-state index contributed by atoms with van der Waals surface area (Å²) in [6.07, 6.45) is 1.56. The van der Waals surface area contributed by atoms with Crippen LogP contribution in [0.25, 0.3) is 0 Å². The predicted octanol–water partition coefficient (Wildman–Crippen LogP) is 1.07. The van der Waals surface area contributed by atoms with Crippen LogP contribution < -0.4 is 9.46 Å². The topological polar surface area (TPSA) is 81.7 Å². The molecule has 0 saturated carbocycles. The summed E-state index contributed by atoms with van der Waals surface area (Å²) in [5.41, 5.74) is 0. The molecule has 1 aromatic rings. The van der Waals surface area contributed by atoms with Gasteiger partial charge >= 0.3 is 0 Å². The maximum Gasteiger partial charge on any atom is 0.264 e. The molecule has 0 unspecified atom stereocenters. The van der Waals surface area contributed by atoms with E-state index >= 15 is 0 Å². The highest BCUT2D eigenvalue weighted by Crippen LogP contribution is 2.18. The van der Waals surface area contributed by atoms with Gasteiger partial charge in [-0.15, -0.1) is 0 Å². The number of benzene rings is 1. The van der Waals surface area contributed by atoms with Crippen LogP contribution in [0.15, 0.2) is 29.2 Å². The minimum absolute atomic E-state index is 0.00228. The molecule has 20 heavy (non-hydrogen) atoms. The molecule has 1 aliphatic heterocycles. The van der Waals surface area contributed by atoms with Crippen LogP contribution in [0.3, 0.4) is 0 Å². The van der Waals surface area contributed by atoms with Crippen LogP contribution in [0, 0.1) is 0 Å². The molecule has 1 aliphatic rings. The number of hydrogen-bond acceptors (Lipinski definition) is 5. The molecule has 1 saturated heterocycles. The summed E-state index contributed by atoms with van der Waals surface area (Å²) in [5, 5.41) is 0. The Kier molecular flexibility index (Phi) is 4.61. The van der Waals surface area contributed by atoms with Crippen molar-refractivity contribution in [2.75, 3.05) is 13.7 Å². The molecule has 1 amide bonds. The van der Waals surface area contributed by atoms with E-state index < -0.39 is 15.9 Å². The van der Waals surface area contributed by atoms with E-state index in [2.05, 4.69) is 0 Å². The average molecular weight is 299 g/mol. The highest BCUT2D eigenvalue weighted by Gasteiger charge is 2.23. The van der Waals surface area contributed by atoms with Gasteiger partial charge in [0, 0.05) is 12.7 Å². The van der Waals surface area contributed by atoms with Gasteiger partial charge < -0.3 is 9.47 Å². The van der Waals surface area contributed by atoms with Crippen LogP contribution in [-0.4, -0.2) is 34.1 Å². The van der Waals surface area contributed by atoms with E-state index in [1.54, 1.807) is 12.1 Å². The van der Waals surface area contributed by atoms with Crippen molar-refractivity contribution in [3.8, 4) is 5.75 Å². The summed E-state index contributed by atoms with van der Waals surface area (Å²) in [5.74, 6) is -0.140. The highest BCUT2D eigenvalue weighted by molar-refractivity contribution is 7.90. The SMILES string of the molecule is COc1cccc(S(=O)(=O)NC(=O)C[C@@H]2CCCO2)c1. The highest BCUT2D eigenvalue weighted by atomic mass is 32.2. The Labute approximate surface area is 118 Å². The lowest BCUT2D eigenvalue weighted by atomic mass is 10.2. The first-order valence-electron chi connectivity index (χ1n) is 6.32. The zero-order valence-electron chi connectivity index (χ0n) is 11.2. The molecule has 0 spiro atoms. The van der Waals surface area contributed by atoms with Crippen molar-refractivity contribution in [3.63, 3.8) is 0 Å². The van der Waals surface area contributed by atoms with Gasteiger partial charge in [-0.2, -0.15) is 0 Å². The maximum absolute atomic E-state index is 12.1. The van der Waals surface area contributed by atoms with Gasteiger partial charge in [-0.05, 0) is 25.0 Å². The second-order valence-electron chi connectivity index (χ2n) is 4.55. The molecular weight excluding hydrogens is 282 g/mol. The molecule has 110 valence electrons. The zero-order chi connectivity index (χ0) is 14.6. The number of hydrogen-bond donors (Lipinski definition) is 1. The fourth-order valence-corrected chi connectivity index (χ4v) is 3.06. The Bertz CT molecular complexity index is 578. The molecule has 1 fully saturated rings. The van der Waals surface area contributed by atoms with Gasteiger partial charge in [0.15, 0.2) is 0 Å². The van der Waals surface area contributed by atoms with Crippen LogP contribution in [-0.2, 0) is 19.6 Å².